The first-order chi connectivity index (χ1) is 9.88. The summed E-state index contributed by atoms with van der Waals surface area (Å²) in [5, 5.41) is 38.7. The summed E-state index contributed by atoms with van der Waals surface area (Å²) in [5.41, 5.74) is -0.206. The average Bonchev–Trinajstić information content (AvgIpc) is 2.43. The molecule has 7 heteroatoms. The molecule has 0 bridgehead atoms. The molecule has 2 aromatic rings. The smallest absolute Gasteiger partial charge is 0.315 e. The van der Waals surface area contributed by atoms with Crippen molar-refractivity contribution < 1.29 is 25.0 Å². The van der Waals surface area contributed by atoms with Gasteiger partial charge in [0.1, 0.15) is 5.75 Å². The molecule has 0 atom stereocenters. The molecule has 0 aliphatic carbocycles. The number of carbonyl (C=O) groups excluding carboxylic acids is 1. The van der Waals surface area contributed by atoms with E-state index in [0.717, 1.165) is 12.1 Å². The number of phenolic OH excluding ortho intramolecular Hbond substituents is 3. The summed E-state index contributed by atoms with van der Waals surface area (Å²) in [6.45, 7) is 0. The number of benzene rings is 2. The number of hydrogen-bond donors (Lipinski definition) is 3. The Morgan fingerprint density at radius 3 is 2.29 bits per heavy atom. The van der Waals surface area contributed by atoms with Crippen molar-refractivity contribution in [2.45, 2.75) is 6.42 Å². The second-order valence-corrected chi connectivity index (χ2v) is 4.39. The molecule has 2 aromatic carbocycles. The minimum atomic E-state index is -0.883. The van der Waals surface area contributed by atoms with E-state index in [1.54, 1.807) is 12.1 Å². The number of phenols is 3. The van der Waals surface area contributed by atoms with Gasteiger partial charge >= 0.3 is 5.69 Å². The average molecular weight is 289 g/mol. The van der Waals surface area contributed by atoms with Crippen molar-refractivity contribution in [3.05, 3.63) is 57.6 Å². The van der Waals surface area contributed by atoms with Gasteiger partial charge in [-0.2, -0.15) is 0 Å². The SMILES string of the molecule is O=C(Cc1ccc(O)cc1)c1cc(O)c(O)c([N+](=O)[O-])c1. The van der Waals surface area contributed by atoms with E-state index in [9.17, 15) is 25.1 Å². The first-order valence-corrected chi connectivity index (χ1v) is 5.90. The third kappa shape index (κ3) is 3.08. The summed E-state index contributed by atoms with van der Waals surface area (Å²) in [6.07, 6.45) is -0.0539. The lowest BCUT2D eigenvalue weighted by Gasteiger charge is -2.05. The van der Waals surface area contributed by atoms with E-state index in [2.05, 4.69) is 0 Å². The molecule has 0 heterocycles. The molecule has 0 radical (unpaired) electrons. The number of rotatable bonds is 4. The molecule has 0 amide bonds. The van der Waals surface area contributed by atoms with Crippen molar-refractivity contribution in [1.82, 2.24) is 0 Å². The van der Waals surface area contributed by atoms with Crippen LogP contribution >= 0.6 is 0 Å². The first kappa shape index (κ1) is 14.3. The van der Waals surface area contributed by atoms with Crippen LogP contribution in [-0.2, 0) is 6.42 Å². The quantitative estimate of drug-likeness (QED) is 0.343. The second kappa shape index (κ2) is 5.49. The first-order valence-electron chi connectivity index (χ1n) is 5.90. The Balaban J connectivity index is 2.31. The van der Waals surface area contributed by atoms with Crippen LogP contribution < -0.4 is 0 Å². The van der Waals surface area contributed by atoms with Crippen LogP contribution in [0, 0.1) is 10.1 Å². The molecule has 0 unspecified atom stereocenters. The number of nitro benzene ring substituents is 1. The number of carbonyl (C=O) groups is 1. The molecular formula is C14H11NO6. The highest BCUT2D eigenvalue weighted by Gasteiger charge is 2.21. The highest BCUT2D eigenvalue weighted by Crippen LogP contribution is 2.36. The lowest BCUT2D eigenvalue weighted by molar-refractivity contribution is -0.386. The van der Waals surface area contributed by atoms with Crippen molar-refractivity contribution in [2.75, 3.05) is 0 Å². The fourth-order valence-electron chi connectivity index (χ4n) is 1.81. The molecule has 3 N–H and O–H groups in total. The van der Waals surface area contributed by atoms with Crippen molar-refractivity contribution in [2.24, 2.45) is 0 Å². The lowest BCUT2D eigenvalue weighted by atomic mass is 10.0. The Morgan fingerprint density at radius 1 is 1.10 bits per heavy atom. The number of Topliss-reactive ketones (excluding diaryl/α,β-unsaturated/α-hetero) is 1. The Hall–Kier alpha value is -3.09. The van der Waals surface area contributed by atoms with Crippen LogP contribution in [0.15, 0.2) is 36.4 Å². The van der Waals surface area contributed by atoms with Gasteiger partial charge in [0.15, 0.2) is 11.5 Å². The number of nitrogens with zero attached hydrogens (tertiary/aromatic N) is 1. The summed E-state index contributed by atoms with van der Waals surface area (Å²) in [5.74, 6) is -2.00. The third-order valence-electron chi connectivity index (χ3n) is 2.89. The molecule has 0 fully saturated rings. The molecule has 0 aliphatic heterocycles. The van der Waals surface area contributed by atoms with E-state index in [-0.39, 0.29) is 17.7 Å². The van der Waals surface area contributed by atoms with Gasteiger partial charge in [0.25, 0.3) is 0 Å². The highest BCUT2D eigenvalue weighted by atomic mass is 16.6. The summed E-state index contributed by atoms with van der Waals surface area (Å²) < 4.78 is 0. The molecule has 0 aliphatic rings. The zero-order valence-electron chi connectivity index (χ0n) is 10.7. The van der Waals surface area contributed by atoms with Crippen LogP contribution in [-0.4, -0.2) is 26.0 Å². The molecule has 108 valence electrons. The van der Waals surface area contributed by atoms with E-state index in [0.29, 0.717) is 5.56 Å². The fourth-order valence-corrected chi connectivity index (χ4v) is 1.81. The summed E-state index contributed by atoms with van der Waals surface area (Å²) >= 11 is 0. The minimum absolute atomic E-state index is 0.0539. The largest absolute Gasteiger partial charge is 0.508 e. The third-order valence-corrected chi connectivity index (χ3v) is 2.89. The Bertz CT molecular complexity index is 708. The van der Waals surface area contributed by atoms with Crippen LogP contribution in [0.4, 0.5) is 5.69 Å². The zero-order chi connectivity index (χ0) is 15.6. The number of aromatic hydroxyl groups is 3. The second-order valence-electron chi connectivity index (χ2n) is 4.39. The van der Waals surface area contributed by atoms with E-state index in [4.69, 9.17) is 5.11 Å². The molecule has 2 rings (SSSR count). The normalized spacial score (nSPS) is 10.3. The number of hydrogen-bond acceptors (Lipinski definition) is 6. The maximum Gasteiger partial charge on any atom is 0.315 e. The van der Waals surface area contributed by atoms with Crippen LogP contribution in [0.25, 0.3) is 0 Å². The lowest BCUT2D eigenvalue weighted by Crippen LogP contribution is -2.04. The Morgan fingerprint density at radius 2 is 1.71 bits per heavy atom. The van der Waals surface area contributed by atoms with Crippen LogP contribution in [0.1, 0.15) is 15.9 Å². The summed E-state index contributed by atoms with van der Waals surface area (Å²) in [4.78, 5) is 21.9. The molecule has 0 aromatic heterocycles. The Kier molecular flexibility index (Phi) is 3.75. The summed E-state index contributed by atoms with van der Waals surface area (Å²) in [7, 11) is 0. The van der Waals surface area contributed by atoms with Crippen molar-refractivity contribution in [3.63, 3.8) is 0 Å². The fraction of sp³-hybridized carbons (Fsp3) is 0.0714. The number of ketones is 1. The van der Waals surface area contributed by atoms with Gasteiger partial charge in [0.05, 0.1) is 4.92 Å². The van der Waals surface area contributed by atoms with Gasteiger partial charge in [-0.15, -0.1) is 0 Å². The van der Waals surface area contributed by atoms with Gasteiger partial charge in [-0.3, -0.25) is 14.9 Å². The Labute approximate surface area is 118 Å². The summed E-state index contributed by atoms with van der Waals surface area (Å²) in [6, 6.07) is 7.81. The number of nitro groups is 1. The topological polar surface area (TPSA) is 121 Å². The zero-order valence-corrected chi connectivity index (χ0v) is 10.7. The molecule has 7 nitrogen and oxygen atoms in total. The monoisotopic (exact) mass is 289 g/mol. The van der Waals surface area contributed by atoms with Gasteiger partial charge in [0.2, 0.25) is 5.75 Å². The van der Waals surface area contributed by atoms with Gasteiger partial charge in [-0.05, 0) is 23.8 Å². The van der Waals surface area contributed by atoms with Gasteiger partial charge in [-0.1, -0.05) is 12.1 Å². The minimum Gasteiger partial charge on any atom is -0.508 e. The predicted molar refractivity (Wildman–Crippen MR) is 72.6 cm³/mol. The molecule has 0 saturated heterocycles. The van der Waals surface area contributed by atoms with Crippen LogP contribution in [0.3, 0.4) is 0 Å². The van der Waals surface area contributed by atoms with Gasteiger partial charge < -0.3 is 15.3 Å². The molecule has 0 spiro atoms. The van der Waals surface area contributed by atoms with Gasteiger partial charge in [0, 0.05) is 18.1 Å². The van der Waals surface area contributed by atoms with E-state index in [1.807, 2.05) is 0 Å². The maximum atomic E-state index is 12.1. The highest BCUT2D eigenvalue weighted by molar-refractivity contribution is 5.99. The predicted octanol–water partition coefficient (Wildman–Crippen LogP) is 2.14. The van der Waals surface area contributed by atoms with E-state index in [1.165, 1.54) is 12.1 Å². The molecule has 21 heavy (non-hydrogen) atoms. The maximum absolute atomic E-state index is 12.1. The van der Waals surface area contributed by atoms with E-state index >= 15 is 0 Å². The molecular weight excluding hydrogens is 278 g/mol. The van der Waals surface area contributed by atoms with Crippen molar-refractivity contribution in [3.8, 4) is 17.2 Å². The standard InChI is InChI=1S/C14H11NO6/c16-10-3-1-8(2-4-10)5-12(17)9-6-11(15(20)21)14(19)13(18)7-9/h1-4,6-7,16,18-19H,5H2. The van der Waals surface area contributed by atoms with Crippen LogP contribution in [0.2, 0.25) is 0 Å². The van der Waals surface area contributed by atoms with Crippen LogP contribution in [0.5, 0.6) is 17.2 Å². The van der Waals surface area contributed by atoms with E-state index < -0.39 is 27.9 Å². The van der Waals surface area contributed by atoms with Crippen molar-refractivity contribution in [1.29, 1.82) is 0 Å². The van der Waals surface area contributed by atoms with Crippen molar-refractivity contribution >= 4 is 11.5 Å². The molecule has 0 saturated carbocycles. The van der Waals surface area contributed by atoms with Gasteiger partial charge in [-0.25, -0.2) is 0 Å².